The summed E-state index contributed by atoms with van der Waals surface area (Å²) in [5.41, 5.74) is -6.78. The molecule has 0 amide bonds. The minimum atomic E-state index is -6.09. The zero-order valence-corrected chi connectivity index (χ0v) is 22.1. The third-order valence-corrected chi connectivity index (χ3v) is 9.71. The van der Waals surface area contributed by atoms with Crippen LogP contribution >= 0.6 is 0 Å². The number of benzene rings is 1. The number of aliphatic hydroxyl groups is 2. The molecule has 1 unspecified atom stereocenters. The molecule has 2 N–H and O–H groups in total. The number of morpholine rings is 1. The van der Waals surface area contributed by atoms with Crippen LogP contribution in [-0.4, -0.2) is 114 Å². The van der Waals surface area contributed by atoms with E-state index in [2.05, 4.69) is 9.97 Å². The van der Waals surface area contributed by atoms with Gasteiger partial charge in [0.2, 0.25) is 16.0 Å². The molecular formula is C24H27F6N5O5S. The maximum Gasteiger partial charge on any atom is 0.430 e. The Labute approximate surface area is 231 Å². The number of fused-ring (bicyclic) bond motifs is 2. The summed E-state index contributed by atoms with van der Waals surface area (Å²) >= 11 is 0. The highest BCUT2D eigenvalue weighted by atomic mass is 32.2. The molecule has 41 heavy (non-hydrogen) atoms. The predicted octanol–water partition coefficient (Wildman–Crippen LogP) is 1.50. The van der Waals surface area contributed by atoms with Crippen molar-refractivity contribution in [3.05, 3.63) is 48.3 Å². The average Bonchev–Trinajstić information content (AvgIpc) is 3.08. The Hall–Kier alpha value is -2.57. The van der Waals surface area contributed by atoms with E-state index in [-0.39, 0.29) is 68.1 Å². The molecule has 3 aliphatic heterocycles. The van der Waals surface area contributed by atoms with Gasteiger partial charge < -0.3 is 19.8 Å². The first-order valence-corrected chi connectivity index (χ1v) is 14.1. The van der Waals surface area contributed by atoms with Crippen LogP contribution in [0.3, 0.4) is 0 Å². The third-order valence-electron chi connectivity index (χ3n) is 7.83. The van der Waals surface area contributed by atoms with E-state index in [1.54, 1.807) is 18.2 Å². The Kier molecular flexibility index (Phi) is 7.74. The van der Waals surface area contributed by atoms with Crippen LogP contribution in [0, 0.1) is 0 Å². The number of halogens is 6. The Morgan fingerprint density at radius 2 is 1.61 bits per heavy atom. The Morgan fingerprint density at radius 1 is 0.976 bits per heavy atom. The summed E-state index contributed by atoms with van der Waals surface area (Å²) in [6, 6.07) is 6.48. The summed E-state index contributed by atoms with van der Waals surface area (Å²) in [7, 11) is -3.93. The molecule has 1 aromatic carbocycles. The van der Waals surface area contributed by atoms with Gasteiger partial charge >= 0.3 is 12.4 Å². The van der Waals surface area contributed by atoms with Crippen molar-refractivity contribution in [2.45, 2.75) is 53.5 Å². The molecular weight excluding hydrogens is 584 g/mol. The van der Waals surface area contributed by atoms with Crippen LogP contribution in [0.15, 0.2) is 47.6 Å². The lowest BCUT2D eigenvalue weighted by molar-refractivity contribution is -0.376. The van der Waals surface area contributed by atoms with Crippen LogP contribution in [-0.2, 0) is 20.4 Å². The first-order valence-electron chi connectivity index (χ1n) is 12.7. The summed E-state index contributed by atoms with van der Waals surface area (Å²) in [5, 5.41) is 20.2. The van der Waals surface area contributed by atoms with Crippen LogP contribution in [0.5, 0.6) is 0 Å². The lowest BCUT2D eigenvalue weighted by atomic mass is 9.95. The normalized spacial score (nSPS) is 26.9. The topological polar surface area (TPSA) is 119 Å². The SMILES string of the molecule is O=S(=O)(c1ccccc1)N1CCN(c2ncc(C(O)(C(F)(F)F)C(F)(F)F)cn2)[C@@H](CN2[C@@H]3COC[C@H]2C(O)C3)C1. The summed E-state index contributed by atoms with van der Waals surface area (Å²) < 4.78 is 114. The fourth-order valence-corrected chi connectivity index (χ4v) is 7.13. The van der Waals surface area contributed by atoms with Gasteiger partial charge in [-0.05, 0) is 18.6 Å². The highest BCUT2D eigenvalue weighted by molar-refractivity contribution is 7.89. The minimum absolute atomic E-state index is 0.0267. The van der Waals surface area contributed by atoms with Crippen molar-refractivity contribution < 1.29 is 49.7 Å². The minimum Gasteiger partial charge on any atom is -0.391 e. The smallest absolute Gasteiger partial charge is 0.391 e. The summed E-state index contributed by atoms with van der Waals surface area (Å²) in [5.74, 6) is -0.233. The summed E-state index contributed by atoms with van der Waals surface area (Å²) in [6.07, 6.45) is -11.9. The number of nitrogens with zero attached hydrogens (tertiary/aromatic N) is 5. The number of sulfonamides is 1. The van der Waals surface area contributed by atoms with E-state index >= 15 is 0 Å². The molecule has 0 radical (unpaired) electrons. The molecule has 0 saturated carbocycles. The van der Waals surface area contributed by atoms with E-state index in [4.69, 9.17) is 4.74 Å². The van der Waals surface area contributed by atoms with Crippen molar-refractivity contribution >= 4 is 16.0 Å². The molecule has 0 aliphatic carbocycles. The number of ether oxygens (including phenoxy) is 1. The summed E-state index contributed by atoms with van der Waals surface area (Å²) in [4.78, 5) is 11.1. The molecule has 4 atom stereocenters. The van der Waals surface area contributed by atoms with Gasteiger partial charge in [0.15, 0.2) is 0 Å². The van der Waals surface area contributed by atoms with E-state index in [0.29, 0.717) is 13.0 Å². The predicted molar refractivity (Wildman–Crippen MR) is 130 cm³/mol. The monoisotopic (exact) mass is 611 g/mol. The fraction of sp³-hybridized carbons (Fsp3) is 0.583. The molecule has 226 valence electrons. The second-order valence-electron chi connectivity index (χ2n) is 10.3. The largest absolute Gasteiger partial charge is 0.430 e. The van der Waals surface area contributed by atoms with Gasteiger partial charge in [0.25, 0.3) is 5.60 Å². The van der Waals surface area contributed by atoms with Crippen LogP contribution in [0.25, 0.3) is 0 Å². The van der Waals surface area contributed by atoms with Crippen molar-refractivity contribution in [3.63, 3.8) is 0 Å². The van der Waals surface area contributed by atoms with E-state index in [0.717, 1.165) is 0 Å². The Balaban J connectivity index is 1.46. The van der Waals surface area contributed by atoms with Gasteiger partial charge in [-0.1, -0.05) is 18.2 Å². The Bertz CT molecular complexity index is 1320. The van der Waals surface area contributed by atoms with E-state index in [1.807, 2.05) is 4.90 Å². The molecule has 5 rings (SSSR count). The lowest BCUT2D eigenvalue weighted by Crippen LogP contribution is -2.61. The third kappa shape index (κ3) is 5.27. The van der Waals surface area contributed by atoms with Crippen molar-refractivity contribution in [1.29, 1.82) is 0 Å². The van der Waals surface area contributed by atoms with Gasteiger partial charge in [-0.25, -0.2) is 18.4 Å². The van der Waals surface area contributed by atoms with Crippen molar-refractivity contribution in [2.24, 2.45) is 0 Å². The second kappa shape index (κ2) is 10.6. The van der Waals surface area contributed by atoms with Crippen molar-refractivity contribution in [1.82, 2.24) is 19.2 Å². The van der Waals surface area contributed by atoms with E-state index < -0.39 is 45.7 Å². The standard InChI is InChI=1S/C24H27F6N5O5S/c25-23(26,27)22(37,24(28,29)30)15-9-31-21(32-10-15)34-7-6-33(41(38,39)18-4-2-1-3-5-18)11-17(34)12-35-16-8-20(36)19(35)14-40-13-16/h1-5,9-10,16-17,19-20,36-37H,6-8,11-14H2/t16-,17+,19-,20?/m0/s1. The van der Waals surface area contributed by atoms with Gasteiger partial charge in [-0.15, -0.1) is 0 Å². The number of rotatable bonds is 6. The summed E-state index contributed by atoms with van der Waals surface area (Å²) in [6.45, 7) is 0.592. The maximum atomic E-state index is 13.4. The zero-order valence-electron chi connectivity index (χ0n) is 21.3. The van der Waals surface area contributed by atoms with Gasteiger partial charge in [0.05, 0.1) is 36.3 Å². The molecule has 17 heteroatoms. The molecule has 3 saturated heterocycles. The van der Waals surface area contributed by atoms with E-state index in [1.165, 1.54) is 21.3 Å². The van der Waals surface area contributed by atoms with Crippen molar-refractivity contribution in [3.8, 4) is 0 Å². The van der Waals surface area contributed by atoms with Gasteiger partial charge in [-0.3, -0.25) is 4.90 Å². The first-order chi connectivity index (χ1) is 19.1. The zero-order chi connectivity index (χ0) is 29.8. The van der Waals surface area contributed by atoms with Crippen LogP contribution in [0.2, 0.25) is 0 Å². The number of alkyl halides is 6. The van der Waals surface area contributed by atoms with Gasteiger partial charge in [0, 0.05) is 50.2 Å². The van der Waals surface area contributed by atoms with Gasteiger partial charge in [0.1, 0.15) is 0 Å². The van der Waals surface area contributed by atoms with Crippen LogP contribution in [0.4, 0.5) is 32.3 Å². The number of hydrogen-bond acceptors (Lipinski definition) is 9. The highest BCUT2D eigenvalue weighted by Gasteiger charge is 2.71. The lowest BCUT2D eigenvalue weighted by Gasteiger charge is -2.45. The number of aromatic nitrogens is 2. The number of aliphatic hydroxyl groups excluding tert-OH is 1. The molecule has 10 nitrogen and oxygen atoms in total. The molecule has 3 fully saturated rings. The average molecular weight is 612 g/mol. The number of piperazine rings is 1. The number of anilines is 1. The van der Waals surface area contributed by atoms with E-state index in [9.17, 15) is 45.0 Å². The molecule has 4 heterocycles. The van der Waals surface area contributed by atoms with Crippen LogP contribution in [0.1, 0.15) is 12.0 Å². The molecule has 3 aliphatic rings. The molecule has 2 aromatic rings. The first kappa shape index (κ1) is 29.9. The fourth-order valence-electron chi connectivity index (χ4n) is 5.64. The van der Waals surface area contributed by atoms with Gasteiger partial charge in [-0.2, -0.15) is 30.6 Å². The Morgan fingerprint density at radius 3 is 2.20 bits per heavy atom. The molecule has 2 bridgehead atoms. The second-order valence-corrected chi connectivity index (χ2v) is 12.2. The van der Waals surface area contributed by atoms with Crippen molar-refractivity contribution in [2.75, 3.05) is 44.3 Å². The quantitative estimate of drug-likeness (QED) is 0.469. The highest BCUT2D eigenvalue weighted by Crippen LogP contribution is 2.49. The number of hydrogen-bond donors (Lipinski definition) is 2. The molecule has 0 spiro atoms. The molecule has 1 aromatic heterocycles. The van der Waals surface area contributed by atoms with Crippen LogP contribution < -0.4 is 4.90 Å². The maximum absolute atomic E-state index is 13.4.